The first-order chi connectivity index (χ1) is 10.3. The summed E-state index contributed by atoms with van der Waals surface area (Å²) in [6, 6.07) is 6.71. The van der Waals surface area contributed by atoms with Crippen molar-refractivity contribution in [3.05, 3.63) is 23.8 Å². The van der Waals surface area contributed by atoms with Crippen LogP contribution in [0.1, 0.15) is 31.7 Å². The lowest BCUT2D eigenvalue weighted by molar-refractivity contribution is 0.182. The van der Waals surface area contributed by atoms with E-state index in [-0.39, 0.29) is 0 Å². The average Bonchev–Trinajstić information content (AvgIpc) is 2.53. The standard InChI is InChI=1S/C17H28N2O2/c1-4-9-18-15-6-5-10-19(13-15)12-14-7-8-16(20-2)11-17(14)21-3/h7-8,11,15,18H,4-6,9-10,12-13H2,1-3H3. The normalized spacial score (nSPS) is 19.5. The van der Waals surface area contributed by atoms with E-state index in [1.807, 2.05) is 12.1 Å². The second kappa shape index (κ2) is 8.25. The zero-order chi connectivity index (χ0) is 15.1. The molecule has 1 N–H and O–H groups in total. The first kappa shape index (κ1) is 16.1. The number of likely N-dealkylation sites (tertiary alicyclic amines) is 1. The molecule has 21 heavy (non-hydrogen) atoms. The molecular weight excluding hydrogens is 264 g/mol. The van der Waals surface area contributed by atoms with Gasteiger partial charge in [-0.3, -0.25) is 4.90 Å². The molecule has 0 aliphatic carbocycles. The molecule has 0 amide bonds. The molecule has 1 saturated heterocycles. The summed E-state index contributed by atoms with van der Waals surface area (Å²) in [5.74, 6) is 1.76. The van der Waals surface area contributed by atoms with Gasteiger partial charge in [0, 0.05) is 30.8 Å². The van der Waals surface area contributed by atoms with E-state index in [0.717, 1.165) is 31.1 Å². The van der Waals surface area contributed by atoms with Crippen LogP contribution >= 0.6 is 0 Å². The van der Waals surface area contributed by atoms with E-state index in [9.17, 15) is 0 Å². The lowest BCUT2D eigenvalue weighted by Crippen LogP contribution is -2.45. The highest BCUT2D eigenvalue weighted by Crippen LogP contribution is 2.26. The third-order valence-electron chi connectivity index (χ3n) is 4.08. The van der Waals surface area contributed by atoms with Gasteiger partial charge in [-0.15, -0.1) is 0 Å². The number of nitrogens with zero attached hydrogens (tertiary/aromatic N) is 1. The van der Waals surface area contributed by atoms with Gasteiger partial charge in [0.25, 0.3) is 0 Å². The van der Waals surface area contributed by atoms with Crippen molar-refractivity contribution in [3.8, 4) is 11.5 Å². The van der Waals surface area contributed by atoms with Crippen LogP contribution in [-0.2, 0) is 6.54 Å². The Morgan fingerprint density at radius 2 is 2.14 bits per heavy atom. The molecule has 1 unspecified atom stereocenters. The SMILES string of the molecule is CCCNC1CCCN(Cc2ccc(OC)cc2OC)C1. The molecule has 1 aliphatic rings. The summed E-state index contributed by atoms with van der Waals surface area (Å²) in [7, 11) is 3.41. The molecule has 1 heterocycles. The molecule has 4 heteroatoms. The molecule has 1 atom stereocenters. The minimum Gasteiger partial charge on any atom is -0.497 e. The van der Waals surface area contributed by atoms with Crippen molar-refractivity contribution >= 4 is 0 Å². The fourth-order valence-electron chi connectivity index (χ4n) is 2.94. The van der Waals surface area contributed by atoms with Crippen molar-refractivity contribution in [3.63, 3.8) is 0 Å². The Hall–Kier alpha value is -1.26. The van der Waals surface area contributed by atoms with Crippen molar-refractivity contribution in [1.29, 1.82) is 0 Å². The third-order valence-corrected chi connectivity index (χ3v) is 4.08. The molecule has 0 radical (unpaired) electrons. The summed E-state index contributed by atoms with van der Waals surface area (Å²) in [5, 5.41) is 3.64. The maximum absolute atomic E-state index is 5.50. The topological polar surface area (TPSA) is 33.7 Å². The van der Waals surface area contributed by atoms with Gasteiger partial charge in [0.2, 0.25) is 0 Å². The number of ether oxygens (including phenoxy) is 2. The van der Waals surface area contributed by atoms with E-state index in [4.69, 9.17) is 9.47 Å². The zero-order valence-electron chi connectivity index (χ0n) is 13.5. The summed E-state index contributed by atoms with van der Waals surface area (Å²) in [5.41, 5.74) is 1.23. The molecule has 0 bridgehead atoms. The van der Waals surface area contributed by atoms with Crippen LogP contribution in [-0.4, -0.2) is 44.8 Å². The van der Waals surface area contributed by atoms with Gasteiger partial charge in [0.1, 0.15) is 11.5 Å². The van der Waals surface area contributed by atoms with Crippen LogP contribution < -0.4 is 14.8 Å². The zero-order valence-corrected chi connectivity index (χ0v) is 13.5. The highest BCUT2D eigenvalue weighted by molar-refractivity contribution is 5.40. The Kier molecular flexibility index (Phi) is 6.33. The fourth-order valence-corrected chi connectivity index (χ4v) is 2.94. The van der Waals surface area contributed by atoms with E-state index in [1.165, 1.54) is 31.4 Å². The summed E-state index contributed by atoms with van der Waals surface area (Å²) < 4.78 is 10.8. The van der Waals surface area contributed by atoms with E-state index in [1.54, 1.807) is 14.2 Å². The van der Waals surface area contributed by atoms with E-state index >= 15 is 0 Å². The number of rotatable bonds is 7. The van der Waals surface area contributed by atoms with Crippen molar-refractivity contribution < 1.29 is 9.47 Å². The second-order valence-corrected chi connectivity index (χ2v) is 5.71. The van der Waals surface area contributed by atoms with Crippen LogP contribution in [0.5, 0.6) is 11.5 Å². The van der Waals surface area contributed by atoms with Crippen molar-refractivity contribution in [1.82, 2.24) is 10.2 Å². The molecule has 4 nitrogen and oxygen atoms in total. The minimum absolute atomic E-state index is 0.628. The first-order valence-corrected chi connectivity index (χ1v) is 7.93. The summed E-state index contributed by atoms with van der Waals surface area (Å²) in [4.78, 5) is 2.52. The van der Waals surface area contributed by atoms with E-state index in [0.29, 0.717) is 6.04 Å². The van der Waals surface area contributed by atoms with Crippen LogP contribution in [0.3, 0.4) is 0 Å². The molecule has 2 rings (SSSR count). The molecule has 0 aromatic heterocycles. The maximum Gasteiger partial charge on any atom is 0.127 e. The van der Waals surface area contributed by atoms with Gasteiger partial charge in [0.15, 0.2) is 0 Å². The van der Waals surface area contributed by atoms with Gasteiger partial charge in [-0.25, -0.2) is 0 Å². The van der Waals surface area contributed by atoms with Gasteiger partial charge >= 0.3 is 0 Å². The highest BCUT2D eigenvalue weighted by atomic mass is 16.5. The van der Waals surface area contributed by atoms with Gasteiger partial charge < -0.3 is 14.8 Å². The molecule has 0 saturated carbocycles. The Balaban J connectivity index is 1.97. The first-order valence-electron chi connectivity index (χ1n) is 7.93. The van der Waals surface area contributed by atoms with E-state index < -0.39 is 0 Å². The molecule has 0 spiro atoms. The number of hydrogen-bond donors (Lipinski definition) is 1. The molecular formula is C17H28N2O2. The van der Waals surface area contributed by atoms with Crippen LogP contribution in [0.4, 0.5) is 0 Å². The minimum atomic E-state index is 0.628. The number of nitrogens with one attached hydrogen (secondary N) is 1. The van der Waals surface area contributed by atoms with Crippen LogP contribution in [0.25, 0.3) is 0 Å². The average molecular weight is 292 g/mol. The molecule has 1 aliphatic heterocycles. The smallest absolute Gasteiger partial charge is 0.127 e. The predicted octanol–water partition coefficient (Wildman–Crippen LogP) is 2.67. The molecule has 1 aromatic carbocycles. The lowest BCUT2D eigenvalue weighted by Gasteiger charge is -2.33. The fraction of sp³-hybridized carbons (Fsp3) is 0.647. The quantitative estimate of drug-likeness (QED) is 0.838. The van der Waals surface area contributed by atoms with E-state index in [2.05, 4.69) is 23.2 Å². The molecule has 1 aromatic rings. The van der Waals surface area contributed by atoms with Crippen LogP contribution in [0.2, 0.25) is 0 Å². The van der Waals surface area contributed by atoms with Crippen LogP contribution in [0.15, 0.2) is 18.2 Å². The van der Waals surface area contributed by atoms with Crippen molar-refractivity contribution in [2.75, 3.05) is 33.9 Å². The van der Waals surface area contributed by atoms with Crippen molar-refractivity contribution in [2.45, 2.75) is 38.8 Å². The number of hydrogen-bond acceptors (Lipinski definition) is 4. The van der Waals surface area contributed by atoms with Crippen molar-refractivity contribution in [2.24, 2.45) is 0 Å². The number of piperidine rings is 1. The summed E-state index contributed by atoms with van der Waals surface area (Å²) in [6.07, 6.45) is 3.75. The second-order valence-electron chi connectivity index (χ2n) is 5.71. The molecule has 1 fully saturated rings. The Morgan fingerprint density at radius 1 is 1.29 bits per heavy atom. The van der Waals surface area contributed by atoms with Gasteiger partial charge in [-0.05, 0) is 38.4 Å². The Morgan fingerprint density at radius 3 is 2.86 bits per heavy atom. The van der Waals surface area contributed by atoms with Gasteiger partial charge in [-0.2, -0.15) is 0 Å². The van der Waals surface area contributed by atoms with Crippen LogP contribution in [0, 0.1) is 0 Å². The monoisotopic (exact) mass is 292 g/mol. The number of methoxy groups -OCH3 is 2. The molecule has 118 valence electrons. The summed E-state index contributed by atoms with van der Waals surface area (Å²) >= 11 is 0. The van der Waals surface area contributed by atoms with Gasteiger partial charge in [0.05, 0.1) is 14.2 Å². The Labute approximate surface area is 128 Å². The Bertz CT molecular complexity index is 437. The summed E-state index contributed by atoms with van der Waals surface area (Å²) in [6.45, 7) is 6.56. The number of benzene rings is 1. The third kappa shape index (κ3) is 4.61. The van der Waals surface area contributed by atoms with Gasteiger partial charge in [-0.1, -0.05) is 13.0 Å². The predicted molar refractivity (Wildman–Crippen MR) is 86.1 cm³/mol. The lowest BCUT2D eigenvalue weighted by atomic mass is 10.0. The largest absolute Gasteiger partial charge is 0.497 e. The highest BCUT2D eigenvalue weighted by Gasteiger charge is 2.20. The maximum atomic E-state index is 5.50.